The average molecular weight is 406 g/mol. The molecule has 0 saturated carbocycles. The molecule has 7 nitrogen and oxygen atoms in total. The van der Waals surface area contributed by atoms with Gasteiger partial charge in [0.1, 0.15) is 5.75 Å². The highest BCUT2D eigenvalue weighted by Crippen LogP contribution is 2.19. The predicted octanol–water partition coefficient (Wildman–Crippen LogP) is 2.81. The van der Waals surface area contributed by atoms with Crippen molar-refractivity contribution < 1.29 is 14.3 Å². The van der Waals surface area contributed by atoms with E-state index in [2.05, 4.69) is 15.5 Å². The number of hydrogen-bond acceptors (Lipinski definition) is 4. The molecule has 1 aliphatic rings. The first-order valence-electron chi connectivity index (χ1n) is 10.2. The van der Waals surface area contributed by atoms with Gasteiger partial charge in [0.2, 0.25) is 11.8 Å². The summed E-state index contributed by atoms with van der Waals surface area (Å²) in [5.74, 6) is 0.850. The number of carbonyl (C=O) groups is 2. The number of likely N-dealkylation sites (tertiary alicyclic amines) is 1. The third-order valence-corrected chi connectivity index (χ3v) is 5.56. The van der Waals surface area contributed by atoms with Gasteiger partial charge in [0, 0.05) is 30.9 Å². The molecule has 0 bridgehead atoms. The molecule has 1 fully saturated rings. The van der Waals surface area contributed by atoms with Gasteiger partial charge in [-0.15, -0.1) is 0 Å². The van der Waals surface area contributed by atoms with Gasteiger partial charge in [0.15, 0.2) is 0 Å². The molecule has 2 heterocycles. The Kier molecular flexibility index (Phi) is 5.97. The third-order valence-electron chi connectivity index (χ3n) is 5.56. The van der Waals surface area contributed by atoms with Crippen LogP contribution in [0, 0.1) is 0 Å². The van der Waals surface area contributed by atoms with Gasteiger partial charge < -0.3 is 15.0 Å². The third kappa shape index (κ3) is 4.62. The van der Waals surface area contributed by atoms with Gasteiger partial charge in [-0.2, -0.15) is 5.10 Å². The van der Waals surface area contributed by atoms with Crippen LogP contribution in [0.4, 0.5) is 0 Å². The maximum atomic E-state index is 12.6. The summed E-state index contributed by atoms with van der Waals surface area (Å²) in [7, 11) is 1.63. The van der Waals surface area contributed by atoms with Gasteiger partial charge in [-0.1, -0.05) is 30.3 Å². The molecule has 1 unspecified atom stereocenters. The Labute approximate surface area is 175 Å². The smallest absolute Gasteiger partial charge is 0.226 e. The number of benzene rings is 2. The van der Waals surface area contributed by atoms with Crippen molar-refractivity contribution in [1.29, 1.82) is 0 Å². The fraction of sp³-hybridized carbons (Fsp3) is 0.348. The maximum Gasteiger partial charge on any atom is 0.226 e. The molecule has 0 radical (unpaired) electrons. The van der Waals surface area contributed by atoms with Gasteiger partial charge in [-0.25, -0.2) is 0 Å². The number of amides is 2. The summed E-state index contributed by atoms with van der Waals surface area (Å²) in [5, 5.41) is 11.3. The van der Waals surface area contributed by atoms with Gasteiger partial charge >= 0.3 is 0 Å². The van der Waals surface area contributed by atoms with E-state index in [-0.39, 0.29) is 24.3 Å². The molecule has 1 saturated heterocycles. The lowest BCUT2D eigenvalue weighted by molar-refractivity contribution is -0.131. The molecule has 2 aromatic carbocycles. The summed E-state index contributed by atoms with van der Waals surface area (Å²) in [6.45, 7) is 1.17. The van der Waals surface area contributed by atoms with Crippen LogP contribution in [0.15, 0.2) is 48.5 Å². The van der Waals surface area contributed by atoms with E-state index < -0.39 is 0 Å². The fourth-order valence-electron chi connectivity index (χ4n) is 3.93. The molecule has 3 aromatic rings. The Morgan fingerprint density at radius 2 is 2.10 bits per heavy atom. The highest BCUT2D eigenvalue weighted by Gasteiger charge is 2.24. The fourth-order valence-corrected chi connectivity index (χ4v) is 3.93. The largest absolute Gasteiger partial charge is 0.497 e. The molecule has 2 N–H and O–H groups in total. The molecule has 0 aliphatic carbocycles. The van der Waals surface area contributed by atoms with E-state index in [4.69, 9.17) is 4.74 Å². The van der Waals surface area contributed by atoms with Crippen LogP contribution in [0.1, 0.15) is 30.5 Å². The highest BCUT2D eigenvalue weighted by molar-refractivity contribution is 5.87. The molecule has 4 rings (SSSR count). The molecule has 0 spiro atoms. The summed E-state index contributed by atoms with van der Waals surface area (Å²) >= 11 is 0. The minimum absolute atomic E-state index is 0.00838. The molecular weight excluding hydrogens is 380 g/mol. The lowest BCUT2D eigenvalue weighted by atomic mass is 10.1. The zero-order chi connectivity index (χ0) is 20.9. The zero-order valence-corrected chi connectivity index (χ0v) is 17.1. The van der Waals surface area contributed by atoms with E-state index in [9.17, 15) is 9.59 Å². The van der Waals surface area contributed by atoms with Crippen LogP contribution in [-0.2, 0) is 22.6 Å². The monoisotopic (exact) mass is 406 g/mol. The van der Waals surface area contributed by atoms with Crippen molar-refractivity contribution in [3.05, 3.63) is 59.8 Å². The Bertz CT molecular complexity index is 1050. The first kappa shape index (κ1) is 19.9. The Morgan fingerprint density at radius 3 is 2.97 bits per heavy atom. The van der Waals surface area contributed by atoms with Crippen LogP contribution >= 0.6 is 0 Å². The number of nitrogens with one attached hydrogen (secondary N) is 2. The van der Waals surface area contributed by atoms with Crippen molar-refractivity contribution in [3.8, 4) is 5.75 Å². The second-order valence-electron chi connectivity index (χ2n) is 7.65. The van der Waals surface area contributed by atoms with Crippen molar-refractivity contribution in [2.75, 3.05) is 13.7 Å². The Morgan fingerprint density at radius 1 is 1.23 bits per heavy atom. The van der Waals surface area contributed by atoms with E-state index >= 15 is 0 Å². The maximum absolute atomic E-state index is 12.6. The van der Waals surface area contributed by atoms with E-state index in [0.717, 1.165) is 34.3 Å². The number of aromatic nitrogens is 2. The van der Waals surface area contributed by atoms with Crippen LogP contribution < -0.4 is 10.1 Å². The van der Waals surface area contributed by atoms with Gasteiger partial charge in [-0.3, -0.25) is 14.7 Å². The SMILES string of the molecule is COc1cccc(CN2CCC(NC(=O)Cc3[nH]nc4ccccc34)CCC2=O)c1. The van der Waals surface area contributed by atoms with Gasteiger partial charge in [0.05, 0.1) is 24.7 Å². The molecular formula is C23H26N4O3. The molecule has 1 aliphatic heterocycles. The van der Waals surface area contributed by atoms with E-state index in [1.54, 1.807) is 7.11 Å². The number of hydrogen-bond donors (Lipinski definition) is 2. The van der Waals surface area contributed by atoms with E-state index in [1.807, 2.05) is 53.4 Å². The van der Waals surface area contributed by atoms with Gasteiger partial charge in [0.25, 0.3) is 0 Å². The average Bonchev–Trinajstić information content (AvgIpc) is 3.09. The normalized spacial score (nSPS) is 17.0. The minimum Gasteiger partial charge on any atom is -0.497 e. The second kappa shape index (κ2) is 8.98. The number of aromatic amines is 1. The van der Waals surface area contributed by atoms with E-state index in [0.29, 0.717) is 25.9 Å². The number of rotatable bonds is 6. The van der Waals surface area contributed by atoms with Crippen molar-refractivity contribution in [2.24, 2.45) is 0 Å². The summed E-state index contributed by atoms with van der Waals surface area (Å²) in [6.07, 6.45) is 2.08. The summed E-state index contributed by atoms with van der Waals surface area (Å²) in [5.41, 5.74) is 2.71. The quantitative estimate of drug-likeness (QED) is 0.659. The number of nitrogens with zero attached hydrogens (tertiary/aromatic N) is 2. The van der Waals surface area contributed by atoms with Gasteiger partial charge in [-0.05, 0) is 36.6 Å². The first-order chi connectivity index (χ1) is 14.6. The summed E-state index contributed by atoms with van der Waals surface area (Å²) in [4.78, 5) is 27.0. The molecule has 1 aromatic heterocycles. The summed E-state index contributed by atoms with van der Waals surface area (Å²) < 4.78 is 5.27. The number of methoxy groups -OCH3 is 1. The lowest BCUT2D eigenvalue weighted by Crippen LogP contribution is -2.36. The first-order valence-corrected chi connectivity index (χ1v) is 10.2. The topological polar surface area (TPSA) is 87.3 Å². The van der Waals surface area contributed by atoms with Crippen molar-refractivity contribution in [1.82, 2.24) is 20.4 Å². The zero-order valence-electron chi connectivity index (χ0n) is 17.1. The molecule has 7 heteroatoms. The van der Waals surface area contributed by atoms with Crippen LogP contribution in [0.2, 0.25) is 0 Å². The van der Waals surface area contributed by atoms with Crippen molar-refractivity contribution in [2.45, 2.75) is 38.3 Å². The van der Waals surface area contributed by atoms with Crippen LogP contribution in [0.25, 0.3) is 10.9 Å². The molecule has 2 amide bonds. The van der Waals surface area contributed by atoms with Crippen molar-refractivity contribution >= 4 is 22.7 Å². The number of fused-ring (bicyclic) bond motifs is 1. The number of ether oxygens (including phenoxy) is 1. The molecule has 156 valence electrons. The predicted molar refractivity (Wildman–Crippen MR) is 114 cm³/mol. The minimum atomic E-state index is -0.0527. The van der Waals surface area contributed by atoms with Crippen LogP contribution in [0.5, 0.6) is 5.75 Å². The highest BCUT2D eigenvalue weighted by atomic mass is 16.5. The van der Waals surface area contributed by atoms with Crippen molar-refractivity contribution in [3.63, 3.8) is 0 Å². The van der Waals surface area contributed by atoms with E-state index in [1.165, 1.54) is 0 Å². The molecule has 1 atom stereocenters. The summed E-state index contributed by atoms with van der Waals surface area (Å²) in [6, 6.07) is 15.5. The second-order valence-corrected chi connectivity index (χ2v) is 7.65. The number of para-hydroxylation sites is 1. The standard InChI is InChI=1S/C23H26N4O3/c1-30-18-6-4-5-16(13-18)15-27-12-11-17(9-10-23(27)29)24-22(28)14-21-19-7-2-3-8-20(19)25-26-21/h2-8,13,17H,9-12,14-15H2,1H3,(H,24,28)(H,25,26). The Balaban J connectivity index is 1.34. The molecule has 30 heavy (non-hydrogen) atoms. The lowest BCUT2D eigenvalue weighted by Gasteiger charge is -2.21. The van der Waals surface area contributed by atoms with Crippen LogP contribution in [-0.4, -0.2) is 46.6 Å². The van der Waals surface area contributed by atoms with Crippen LogP contribution in [0.3, 0.4) is 0 Å². The number of H-pyrrole nitrogens is 1. The Hall–Kier alpha value is -3.35. The number of carbonyl (C=O) groups excluding carboxylic acids is 2.